The molecule has 0 bridgehead atoms. The molecule has 1 N–H and O–H groups in total. The number of anilines is 1. The van der Waals surface area contributed by atoms with Crippen LogP contribution >= 0.6 is 0 Å². The molecule has 2 heterocycles. The molecule has 1 saturated carbocycles. The number of nitrogens with one attached hydrogen (secondary N) is 1. The van der Waals surface area contributed by atoms with E-state index in [9.17, 15) is 9.59 Å². The van der Waals surface area contributed by atoms with Gasteiger partial charge in [0.15, 0.2) is 0 Å². The molecular weight excluding hydrogens is 392 g/mol. The Labute approximate surface area is 183 Å². The molecule has 3 amide bonds. The van der Waals surface area contributed by atoms with Crippen molar-refractivity contribution < 1.29 is 14.3 Å². The minimum Gasteiger partial charge on any atom is -0.497 e. The van der Waals surface area contributed by atoms with E-state index in [-0.39, 0.29) is 23.9 Å². The molecule has 2 fully saturated rings. The molecule has 7 nitrogen and oxygen atoms in total. The Balaban J connectivity index is 1.45. The molecule has 7 heteroatoms. The number of carbonyl (C=O) groups is 2. The van der Waals surface area contributed by atoms with Crippen LogP contribution in [0.3, 0.4) is 0 Å². The molecule has 31 heavy (non-hydrogen) atoms. The van der Waals surface area contributed by atoms with Crippen molar-refractivity contribution in [2.24, 2.45) is 5.92 Å². The van der Waals surface area contributed by atoms with E-state index in [4.69, 9.17) is 4.74 Å². The van der Waals surface area contributed by atoms with Gasteiger partial charge < -0.3 is 19.9 Å². The van der Waals surface area contributed by atoms with Crippen molar-refractivity contribution in [2.45, 2.75) is 44.7 Å². The average molecular weight is 423 g/mol. The molecule has 1 aliphatic carbocycles. The lowest BCUT2D eigenvalue weighted by atomic mass is 9.83. The van der Waals surface area contributed by atoms with Gasteiger partial charge >= 0.3 is 6.03 Å². The standard InChI is InChI=1S/C24H30N4O3/c1-31-22-11-3-9-20(14-22)26-24(30)27-13-5-10-21(17-27)28(23(29)19-7-2-8-19)16-18-6-4-12-25-15-18/h3-4,6,9,11-12,14-15,19,21H,2,5,7-8,10,13,16-17H2,1H3,(H,26,30). The molecule has 4 rings (SSSR count). The predicted octanol–water partition coefficient (Wildman–Crippen LogP) is 3.92. The number of likely N-dealkylation sites (tertiary alicyclic amines) is 1. The van der Waals surface area contributed by atoms with Crippen LogP contribution < -0.4 is 10.1 Å². The molecule has 1 unspecified atom stereocenters. The predicted molar refractivity (Wildman–Crippen MR) is 119 cm³/mol. The zero-order chi connectivity index (χ0) is 21.6. The van der Waals surface area contributed by atoms with Gasteiger partial charge in [-0.1, -0.05) is 18.6 Å². The van der Waals surface area contributed by atoms with Gasteiger partial charge in [0.1, 0.15) is 5.75 Å². The zero-order valence-electron chi connectivity index (χ0n) is 18.0. The second-order valence-corrected chi connectivity index (χ2v) is 8.36. The van der Waals surface area contributed by atoms with Crippen molar-refractivity contribution in [1.82, 2.24) is 14.8 Å². The maximum absolute atomic E-state index is 13.2. The maximum Gasteiger partial charge on any atom is 0.321 e. The number of urea groups is 1. The number of benzene rings is 1. The maximum atomic E-state index is 13.2. The minimum atomic E-state index is -0.143. The fourth-order valence-electron chi connectivity index (χ4n) is 4.26. The number of carbonyl (C=O) groups excluding carboxylic acids is 2. The first kappa shape index (κ1) is 21.2. The van der Waals surface area contributed by atoms with Crippen molar-refractivity contribution >= 4 is 17.6 Å². The number of aromatic nitrogens is 1. The summed E-state index contributed by atoms with van der Waals surface area (Å²) in [6.45, 7) is 1.76. The highest BCUT2D eigenvalue weighted by molar-refractivity contribution is 5.89. The number of hydrogen-bond donors (Lipinski definition) is 1. The van der Waals surface area contributed by atoms with Crippen LogP contribution in [0.25, 0.3) is 0 Å². The molecule has 0 radical (unpaired) electrons. The first-order valence-corrected chi connectivity index (χ1v) is 11.0. The van der Waals surface area contributed by atoms with E-state index >= 15 is 0 Å². The van der Waals surface area contributed by atoms with Crippen molar-refractivity contribution in [3.63, 3.8) is 0 Å². The van der Waals surface area contributed by atoms with E-state index in [0.29, 0.717) is 31.1 Å². The normalized spacial score (nSPS) is 18.7. The van der Waals surface area contributed by atoms with E-state index < -0.39 is 0 Å². The van der Waals surface area contributed by atoms with Crippen LogP contribution in [0.15, 0.2) is 48.8 Å². The smallest absolute Gasteiger partial charge is 0.321 e. The Morgan fingerprint density at radius 3 is 2.77 bits per heavy atom. The summed E-state index contributed by atoms with van der Waals surface area (Å²) in [7, 11) is 1.60. The first-order chi connectivity index (χ1) is 15.1. The molecular formula is C24H30N4O3. The van der Waals surface area contributed by atoms with E-state index in [1.165, 1.54) is 0 Å². The second-order valence-electron chi connectivity index (χ2n) is 8.36. The fraction of sp³-hybridized carbons (Fsp3) is 0.458. The Kier molecular flexibility index (Phi) is 6.70. The van der Waals surface area contributed by atoms with Gasteiger partial charge in [-0.15, -0.1) is 0 Å². The Morgan fingerprint density at radius 2 is 2.06 bits per heavy atom. The van der Waals surface area contributed by atoms with Gasteiger partial charge in [-0.3, -0.25) is 9.78 Å². The van der Waals surface area contributed by atoms with Crippen LogP contribution in [0.1, 0.15) is 37.7 Å². The summed E-state index contributed by atoms with van der Waals surface area (Å²) in [4.78, 5) is 34.2. The number of amides is 3. The van der Waals surface area contributed by atoms with Crippen LogP contribution in [-0.2, 0) is 11.3 Å². The van der Waals surface area contributed by atoms with Crippen LogP contribution in [0.5, 0.6) is 5.75 Å². The minimum absolute atomic E-state index is 0.0121. The summed E-state index contributed by atoms with van der Waals surface area (Å²) in [6.07, 6.45) is 8.39. The lowest BCUT2D eigenvalue weighted by molar-refractivity contribution is -0.142. The first-order valence-electron chi connectivity index (χ1n) is 11.0. The van der Waals surface area contributed by atoms with Gasteiger partial charge in [0, 0.05) is 55.7 Å². The molecule has 1 saturated heterocycles. The molecule has 1 atom stereocenters. The summed E-state index contributed by atoms with van der Waals surface area (Å²) >= 11 is 0. The largest absolute Gasteiger partial charge is 0.497 e. The summed E-state index contributed by atoms with van der Waals surface area (Å²) in [5.74, 6) is 1.04. The van der Waals surface area contributed by atoms with E-state index in [0.717, 1.165) is 37.7 Å². The van der Waals surface area contributed by atoms with Crippen molar-refractivity contribution in [3.05, 3.63) is 54.4 Å². The van der Waals surface area contributed by atoms with Crippen LogP contribution in [0, 0.1) is 5.92 Å². The van der Waals surface area contributed by atoms with Gasteiger partial charge in [0.2, 0.25) is 5.91 Å². The van der Waals surface area contributed by atoms with E-state index in [1.807, 2.05) is 46.3 Å². The quantitative estimate of drug-likeness (QED) is 0.766. The highest BCUT2D eigenvalue weighted by Gasteiger charge is 2.36. The number of pyridine rings is 1. The SMILES string of the molecule is COc1cccc(NC(=O)N2CCCC(N(Cc3cccnc3)C(=O)C3CCC3)C2)c1. The fourth-order valence-corrected chi connectivity index (χ4v) is 4.26. The molecule has 1 aromatic carbocycles. The lowest BCUT2D eigenvalue weighted by Crippen LogP contribution is -2.54. The van der Waals surface area contributed by atoms with Gasteiger partial charge in [-0.2, -0.15) is 0 Å². The second kappa shape index (κ2) is 9.81. The molecule has 1 aliphatic heterocycles. The summed E-state index contributed by atoms with van der Waals surface area (Å²) in [6, 6.07) is 11.1. The van der Waals surface area contributed by atoms with Gasteiger partial charge in [-0.05, 0) is 49.4 Å². The number of piperidine rings is 1. The van der Waals surface area contributed by atoms with Crippen LogP contribution in [0.4, 0.5) is 10.5 Å². The number of ether oxygens (including phenoxy) is 1. The third kappa shape index (κ3) is 5.16. The monoisotopic (exact) mass is 422 g/mol. The number of rotatable bonds is 6. The summed E-state index contributed by atoms with van der Waals surface area (Å²) in [5.41, 5.74) is 1.72. The van der Waals surface area contributed by atoms with Crippen LogP contribution in [0.2, 0.25) is 0 Å². The average Bonchev–Trinajstić information content (AvgIpc) is 2.77. The third-order valence-electron chi connectivity index (χ3n) is 6.26. The lowest BCUT2D eigenvalue weighted by Gasteiger charge is -2.42. The Bertz CT molecular complexity index is 901. The topological polar surface area (TPSA) is 74.8 Å². The van der Waals surface area contributed by atoms with Crippen molar-refractivity contribution in [3.8, 4) is 5.75 Å². The zero-order valence-corrected chi connectivity index (χ0v) is 18.0. The van der Waals surface area contributed by atoms with Crippen LogP contribution in [-0.4, -0.2) is 53.0 Å². The molecule has 164 valence electrons. The van der Waals surface area contributed by atoms with E-state index in [1.54, 1.807) is 19.4 Å². The molecule has 2 aromatic rings. The number of nitrogens with zero attached hydrogens (tertiary/aromatic N) is 3. The highest BCUT2D eigenvalue weighted by atomic mass is 16.5. The van der Waals surface area contributed by atoms with Crippen molar-refractivity contribution in [1.29, 1.82) is 0 Å². The Morgan fingerprint density at radius 1 is 1.19 bits per heavy atom. The van der Waals surface area contributed by atoms with E-state index in [2.05, 4.69) is 10.3 Å². The number of hydrogen-bond acceptors (Lipinski definition) is 4. The molecule has 2 aliphatic rings. The number of methoxy groups -OCH3 is 1. The summed E-state index contributed by atoms with van der Waals surface area (Å²) in [5, 5.41) is 2.96. The van der Waals surface area contributed by atoms with Gasteiger partial charge in [0.05, 0.1) is 7.11 Å². The molecule has 1 aromatic heterocycles. The Hall–Kier alpha value is -3.09. The molecule has 0 spiro atoms. The third-order valence-corrected chi connectivity index (χ3v) is 6.26. The van der Waals surface area contributed by atoms with Gasteiger partial charge in [0.25, 0.3) is 0 Å². The van der Waals surface area contributed by atoms with Crippen molar-refractivity contribution in [2.75, 3.05) is 25.5 Å². The van der Waals surface area contributed by atoms with Gasteiger partial charge in [-0.25, -0.2) is 4.79 Å². The highest BCUT2D eigenvalue weighted by Crippen LogP contribution is 2.31. The summed E-state index contributed by atoms with van der Waals surface area (Å²) < 4.78 is 5.24.